The second-order valence-electron chi connectivity index (χ2n) is 6.59. The van der Waals surface area contributed by atoms with E-state index >= 15 is 0 Å². The number of nitrogens with two attached hydrogens (primary N) is 1. The zero-order valence-corrected chi connectivity index (χ0v) is 13.9. The van der Waals surface area contributed by atoms with Gasteiger partial charge in [0.2, 0.25) is 5.91 Å². The highest BCUT2D eigenvalue weighted by Crippen LogP contribution is 2.27. The van der Waals surface area contributed by atoms with Crippen LogP contribution in [0.3, 0.4) is 0 Å². The number of ketones is 1. The van der Waals surface area contributed by atoms with Gasteiger partial charge in [-0.2, -0.15) is 0 Å². The minimum atomic E-state index is -0.432. The maximum absolute atomic E-state index is 12.2. The summed E-state index contributed by atoms with van der Waals surface area (Å²) >= 11 is 0. The van der Waals surface area contributed by atoms with Crippen molar-refractivity contribution in [1.29, 1.82) is 0 Å². The number of nitrogens with zero attached hydrogens (tertiary/aromatic N) is 3. The summed E-state index contributed by atoms with van der Waals surface area (Å²) in [5.41, 5.74) is 6.52. The fourth-order valence-electron chi connectivity index (χ4n) is 3.22. The van der Waals surface area contributed by atoms with Gasteiger partial charge in [-0.25, -0.2) is 9.97 Å². The second-order valence-corrected chi connectivity index (χ2v) is 6.59. The molecule has 2 rings (SSSR count). The van der Waals surface area contributed by atoms with Gasteiger partial charge in [0.15, 0.2) is 0 Å². The van der Waals surface area contributed by atoms with Crippen molar-refractivity contribution in [2.24, 2.45) is 17.6 Å². The van der Waals surface area contributed by atoms with E-state index in [1.807, 2.05) is 4.90 Å². The van der Waals surface area contributed by atoms with Gasteiger partial charge in [-0.1, -0.05) is 6.92 Å². The third kappa shape index (κ3) is 5.10. The molecule has 1 aliphatic heterocycles. The monoisotopic (exact) mass is 318 g/mol. The van der Waals surface area contributed by atoms with E-state index < -0.39 is 6.04 Å². The lowest BCUT2D eigenvalue weighted by molar-refractivity contribution is -0.134. The Morgan fingerprint density at radius 3 is 2.43 bits per heavy atom. The average Bonchev–Trinajstić information content (AvgIpc) is 2.55. The van der Waals surface area contributed by atoms with Crippen LogP contribution in [0.15, 0.2) is 18.7 Å². The van der Waals surface area contributed by atoms with Crippen molar-refractivity contribution in [2.45, 2.75) is 45.6 Å². The molecule has 126 valence electrons. The molecule has 1 unspecified atom stereocenters. The van der Waals surface area contributed by atoms with Crippen molar-refractivity contribution in [3.63, 3.8) is 0 Å². The number of carbonyl (C=O) groups excluding carboxylic acids is 2. The predicted molar refractivity (Wildman–Crippen MR) is 87.5 cm³/mol. The lowest BCUT2D eigenvalue weighted by Gasteiger charge is -2.35. The number of likely N-dealkylation sites (tertiary alicyclic amines) is 1. The number of amides is 1. The molecular formula is C17H26N4O2. The van der Waals surface area contributed by atoms with E-state index in [-0.39, 0.29) is 11.7 Å². The first-order valence-electron chi connectivity index (χ1n) is 8.27. The van der Waals surface area contributed by atoms with E-state index in [1.165, 1.54) is 6.33 Å². The molecule has 1 aliphatic rings. The predicted octanol–water partition coefficient (Wildman–Crippen LogP) is 1.20. The molecule has 0 bridgehead atoms. The normalized spacial score (nSPS) is 18.5. The Labute approximate surface area is 137 Å². The number of hydrogen-bond donors (Lipinski definition) is 1. The van der Waals surface area contributed by atoms with E-state index in [2.05, 4.69) is 16.9 Å². The number of rotatable bonds is 6. The molecule has 6 heteroatoms. The van der Waals surface area contributed by atoms with E-state index in [4.69, 9.17) is 5.73 Å². The number of Topliss-reactive ketones (excluding diaryl/α,β-unsaturated/α-hetero) is 1. The Morgan fingerprint density at radius 2 is 1.87 bits per heavy atom. The topological polar surface area (TPSA) is 89.2 Å². The largest absolute Gasteiger partial charge is 0.341 e. The first-order valence-corrected chi connectivity index (χ1v) is 8.27. The van der Waals surface area contributed by atoms with E-state index in [0.717, 1.165) is 31.5 Å². The SMILES string of the molecule is CC(CC(=O)Cc1cncnc1)C1CCN(C(=O)[C@H](C)N)CC1. The number of carbonyl (C=O) groups is 2. The van der Waals surface area contributed by atoms with Gasteiger partial charge in [0.25, 0.3) is 0 Å². The molecule has 0 aromatic carbocycles. The summed E-state index contributed by atoms with van der Waals surface area (Å²) in [6.45, 7) is 5.35. The lowest BCUT2D eigenvalue weighted by Crippen LogP contribution is -2.46. The summed E-state index contributed by atoms with van der Waals surface area (Å²) in [6.07, 6.45) is 7.70. The fraction of sp³-hybridized carbons (Fsp3) is 0.647. The van der Waals surface area contributed by atoms with Gasteiger partial charge in [0, 0.05) is 38.3 Å². The van der Waals surface area contributed by atoms with Gasteiger partial charge in [0.1, 0.15) is 12.1 Å². The van der Waals surface area contributed by atoms with Crippen LogP contribution >= 0.6 is 0 Å². The minimum absolute atomic E-state index is 0.0243. The van der Waals surface area contributed by atoms with Crippen LogP contribution in [-0.2, 0) is 16.0 Å². The average molecular weight is 318 g/mol. The first kappa shape index (κ1) is 17.5. The van der Waals surface area contributed by atoms with Crippen LogP contribution in [-0.4, -0.2) is 45.7 Å². The standard InChI is InChI=1S/C17H26N4O2/c1-12(7-16(22)8-14-9-19-11-20-10-14)15-3-5-21(6-4-15)17(23)13(2)18/h9-13,15H,3-8,18H2,1-2H3/t12?,13-/m0/s1. The molecule has 23 heavy (non-hydrogen) atoms. The number of aromatic nitrogens is 2. The summed E-state index contributed by atoms with van der Waals surface area (Å²) in [5.74, 6) is 1.07. The third-order valence-corrected chi connectivity index (χ3v) is 4.61. The molecule has 2 heterocycles. The van der Waals surface area contributed by atoms with Crippen molar-refractivity contribution in [3.8, 4) is 0 Å². The Kier molecular flexibility index (Phi) is 6.21. The van der Waals surface area contributed by atoms with Gasteiger partial charge >= 0.3 is 0 Å². The molecule has 1 aromatic heterocycles. The van der Waals surface area contributed by atoms with Gasteiger partial charge in [-0.15, -0.1) is 0 Å². The van der Waals surface area contributed by atoms with Crippen LogP contribution in [0.1, 0.15) is 38.7 Å². The van der Waals surface area contributed by atoms with Crippen molar-refractivity contribution < 1.29 is 9.59 Å². The molecule has 2 atom stereocenters. The molecule has 1 fully saturated rings. The molecule has 0 spiro atoms. The molecule has 2 N–H and O–H groups in total. The van der Waals surface area contributed by atoms with E-state index in [0.29, 0.717) is 24.7 Å². The molecule has 1 aromatic rings. The zero-order chi connectivity index (χ0) is 16.8. The number of piperidine rings is 1. The van der Waals surface area contributed by atoms with Crippen LogP contribution in [0.5, 0.6) is 0 Å². The molecule has 0 aliphatic carbocycles. The van der Waals surface area contributed by atoms with Crippen LogP contribution in [0.2, 0.25) is 0 Å². The fourth-order valence-corrected chi connectivity index (χ4v) is 3.22. The zero-order valence-electron chi connectivity index (χ0n) is 13.9. The summed E-state index contributed by atoms with van der Waals surface area (Å²) in [6, 6.07) is -0.432. The van der Waals surface area contributed by atoms with Crippen LogP contribution in [0.4, 0.5) is 0 Å². The highest BCUT2D eigenvalue weighted by molar-refractivity contribution is 5.81. The highest BCUT2D eigenvalue weighted by atomic mass is 16.2. The van der Waals surface area contributed by atoms with E-state index in [9.17, 15) is 9.59 Å². The molecule has 1 saturated heterocycles. The van der Waals surface area contributed by atoms with Crippen molar-refractivity contribution >= 4 is 11.7 Å². The quantitative estimate of drug-likeness (QED) is 0.851. The Bertz CT molecular complexity index is 525. The summed E-state index contributed by atoms with van der Waals surface area (Å²) in [7, 11) is 0. The lowest BCUT2D eigenvalue weighted by atomic mass is 9.82. The summed E-state index contributed by atoms with van der Waals surface area (Å²) in [5, 5.41) is 0. The summed E-state index contributed by atoms with van der Waals surface area (Å²) < 4.78 is 0. The van der Waals surface area contributed by atoms with Gasteiger partial charge in [0.05, 0.1) is 6.04 Å². The molecule has 0 radical (unpaired) electrons. The van der Waals surface area contributed by atoms with Crippen molar-refractivity contribution in [3.05, 3.63) is 24.3 Å². The van der Waals surface area contributed by atoms with Gasteiger partial charge < -0.3 is 10.6 Å². The molecular weight excluding hydrogens is 292 g/mol. The Balaban J connectivity index is 1.77. The molecule has 0 saturated carbocycles. The highest BCUT2D eigenvalue weighted by Gasteiger charge is 2.28. The second kappa shape index (κ2) is 8.15. The van der Waals surface area contributed by atoms with Crippen molar-refractivity contribution in [2.75, 3.05) is 13.1 Å². The Hall–Kier alpha value is -1.82. The Morgan fingerprint density at radius 1 is 1.26 bits per heavy atom. The van der Waals surface area contributed by atoms with E-state index in [1.54, 1.807) is 19.3 Å². The van der Waals surface area contributed by atoms with Gasteiger partial charge in [-0.05, 0) is 37.2 Å². The van der Waals surface area contributed by atoms with Crippen LogP contribution < -0.4 is 5.73 Å². The molecule has 1 amide bonds. The maximum atomic E-state index is 12.2. The molecule has 6 nitrogen and oxygen atoms in total. The van der Waals surface area contributed by atoms with Crippen molar-refractivity contribution in [1.82, 2.24) is 14.9 Å². The van der Waals surface area contributed by atoms with Crippen LogP contribution in [0, 0.1) is 11.8 Å². The summed E-state index contributed by atoms with van der Waals surface area (Å²) in [4.78, 5) is 33.8. The van der Waals surface area contributed by atoms with Gasteiger partial charge in [-0.3, -0.25) is 9.59 Å². The maximum Gasteiger partial charge on any atom is 0.239 e. The van der Waals surface area contributed by atoms with Crippen LogP contribution in [0.25, 0.3) is 0 Å². The number of hydrogen-bond acceptors (Lipinski definition) is 5. The third-order valence-electron chi connectivity index (χ3n) is 4.61. The minimum Gasteiger partial charge on any atom is -0.341 e. The first-order chi connectivity index (χ1) is 11.0. The smallest absolute Gasteiger partial charge is 0.239 e.